The van der Waals surface area contributed by atoms with Crippen LogP contribution in [0.3, 0.4) is 0 Å². The highest BCUT2D eigenvalue weighted by Crippen LogP contribution is 2.17. The molecule has 1 N–H and O–H groups in total. The van der Waals surface area contributed by atoms with Crippen LogP contribution in [-0.2, 0) is 6.54 Å². The molecule has 2 aromatic rings. The van der Waals surface area contributed by atoms with Crippen LogP contribution in [0.25, 0.3) is 0 Å². The van der Waals surface area contributed by atoms with Crippen molar-refractivity contribution in [3.05, 3.63) is 52.0 Å². The van der Waals surface area contributed by atoms with Crippen LogP contribution >= 0.6 is 11.3 Å². The van der Waals surface area contributed by atoms with Crippen LogP contribution in [0.2, 0.25) is 0 Å². The average molecular weight is 257 g/mol. The summed E-state index contributed by atoms with van der Waals surface area (Å²) < 4.78 is 0. The van der Waals surface area contributed by atoms with Crippen LogP contribution in [0.5, 0.6) is 0 Å². The summed E-state index contributed by atoms with van der Waals surface area (Å²) in [5, 5.41) is 15.4. The summed E-state index contributed by atoms with van der Waals surface area (Å²) in [5.74, 6) is 0. The zero-order valence-corrected chi connectivity index (χ0v) is 11.1. The normalized spacial score (nSPS) is 12.0. The summed E-state index contributed by atoms with van der Waals surface area (Å²) in [6.45, 7) is 2.70. The van der Waals surface area contributed by atoms with Crippen LogP contribution in [0, 0.1) is 18.3 Å². The lowest BCUT2D eigenvalue weighted by molar-refractivity contribution is 0.537. The van der Waals surface area contributed by atoms with E-state index in [1.165, 1.54) is 0 Å². The van der Waals surface area contributed by atoms with Crippen LogP contribution in [0.1, 0.15) is 28.7 Å². The van der Waals surface area contributed by atoms with Gasteiger partial charge in [0, 0.05) is 18.0 Å². The highest BCUT2D eigenvalue weighted by Gasteiger charge is 2.10. The monoisotopic (exact) mass is 257 g/mol. The van der Waals surface area contributed by atoms with Crippen molar-refractivity contribution in [1.29, 1.82) is 5.26 Å². The molecule has 1 atom stereocenters. The smallest absolute Gasteiger partial charge is 0.0897 e. The zero-order valence-electron chi connectivity index (χ0n) is 10.3. The Morgan fingerprint density at radius 3 is 2.78 bits per heavy atom. The first kappa shape index (κ1) is 12.7. The molecule has 92 valence electrons. The van der Waals surface area contributed by atoms with Gasteiger partial charge in [-0.3, -0.25) is 0 Å². The van der Waals surface area contributed by atoms with Crippen molar-refractivity contribution in [1.82, 2.24) is 10.3 Å². The van der Waals surface area contributed by atoms with Gasteiger partial charge in [0.05, 0.1) is 23.2 Å². The molecule has 0 spiro atoms. The third kappa shape index (κ3) is 3.39. The molecule has 4 heteroatoms. The zero-order chi connectivity index (χ0) is 12.8. The van der Waals surface area contributed by atoms with Gasteiger partial charge in [-0.2, -0.15) is 5.26 Å². The number of hydrogen-bond donors (Lipinski definition) is 1. The molecule has 0 aliphatic carbocycles. The standard InChI is InChI=1S/C14H15N3S/c1-11-17-13(10-18-11)9-16-14(7-8-15)12-5-3-2-4-6-12/h2-6,10,14,16H,7,9H2,1H3. The number of thiazole rings is 1. The number of rotatable bonds is 5. The van der Waals surface area contributed by atoms with Gasteiger partial charge in [-0.15, -0.1) is 11.3 Å². The predicted octanol–water partition coefficient (Wildman–Crippen LogP) is 3.20. The van der Waals surface area contributed by atoms with Gasteiger partial charge >= 0.3 is 0 Å². The van der Waals surface area contributed by atoms with Crippen molar-refractivity contribution in [3.8, 4) is 6.07 Å². The number of nitriles is 1. The third-order valence-electron chi connectivity index (χ3n) is 2.69. The lowest BCUT2D eigenvalue weighted by Gasteiger charge is -2.15. The Labute approximate surface area is 111 Å². The van der Waals surface area contributed by atoms with Gasteiger partial charge in [0.25, 0.3) is 0 Å². The largest absolute Gasteiger partial charge is 0.303 e. The molecule has 0 bridgehead atoms. The Hall–Kier alpha value is -1.70. The molecule has 0 aliphatic rings. The van der Waals surface area contributed by atoms with Crippen molar-refractivity contribution >= 4 is 11.3 Å². The molecule has 0 radical (unpaired) electrons. The number of benzene rings is 1. The fourth-order valence-corrected chi connectivity index (χ4v) is 2.41. The number of nitrogens with one attached hydrogen (secondary N) is 1. The van der Waals surface area contributed by atoms with Crippen molar-refractivity contribution in [2.45, 2.75) is 25.9 Å². The molecule has 0 aliphatic heterocycles. The quantitative estimate of drug-likeness (QED) is 0.894. The predicted molar refractivity (Wildman–Crippen MR) is 73.1 cm³/mol. The summed E-state index contributed by atoms with van der Waals surface area (Å²) in [6.07, 6.45) is 0.465. The first-order valence-corrected chi connectivity index (χ1v) is 6.74. The van der Waals surface area contributed by atoms with E-state index in [4.69, 9.17) is 5.26 Å². The van der Waals surface area contributed by atoms with E-state index in [9.17, 15) is 0 Å². The van der Waals surface area contributed by atoms with E-state index in [0.29, 0.717) is 13.0 Å². The Kier molecular flexibility index (Phi) is 4.46. The van der Waals surface area contributed by atoms with E-state index in [-0.39, 0.29) is 6.04 Å². The summed E-state index contributed by atoms with van der Waals surface area (Å²) >= 11 is 1.65. The fraction of sp³-hybridized carbons (Fsp3) is 0.286. The molecule has 1 unspecified atom stereocenters. The average Bonchev–Trinajstić information content (AvgIpc) is 2.81. The summed E-state index contributed by atoms with van der Waals surface area (Å²) in [4.78, 5) is 4.41. The highest BCUT2D eigenvalue weighted by molar-refractivity contribution is 7.09. The van der Waals surface area contributed by atoms with E-state index in [1.54, 1.807) is 11.3 Å². The maximum absolute atomic E-state index is 8.90. The van der Waals surface area contributed by atoms with Gasteiger partial charge in [-0.1, -0.05) is 30.3 Å². The summed E-state index contributed by atoms with van der Waals surface area (Å²) in [5.41, 5.74) is 2.18. The minimum atomic E-state index is 0.0678. The van der Waals surface area contributed by atoms with Crippen LogP contribution in [0.4, 0.5) is 0 Å². The Balaban J connectivity index is 2.01. The van der Waals surface area contributed by atoms with Gasteiger partial charge in [0.1, 0.15) is 0 Å². The summed E-state index contributed by atoms with van der Waals surface area (Å²) in [6, 6.07) is 12.4. The molecule has 18 heavy (non-hydrogen) atoms. The molecule has 1 aromatic heterocycles. The number of aryl methyl sites for hydroxylation is 1. The molecular formula is C14H15N3S. The second-order valence-electron chi connectivity index (χ2n) is 4.06. The molecule has 1 aromatic carbocycles. The van der Waals surface area contributed by atoms with Gasteiger partial charge in [-0.05, 0) is 12.5 Å². The van der Waals surface area contributed by atoms with E-state index in [2.05, 4.69) is 21.8 Å². The lowest BCUT2D eigenvalue weighted by atomic mass is 10.0. The van der Waals surface area contributed by atoms with Gasteiger partial charge in [-0.25, -0.2) is 4.98 Å². The molecule has 0 fully saturated rings. The fourth-order valence-electron chi connectivity index (χ4n) is 1.80. The van der Waals surface area contributed by atoms with Crippen molar-refractivity contribution in [3.63, 3.8) is 0 Å². The maximum atomic E-state index is 8.90. The Morgan fingerprint density at radius 2 is 2.17 bits per heavy atom. The van der Waals surface area contributed by atoms with Gasteiger partial charge < -0.3 is 5.32 Å². The van der Waals surface area contributed by atoms with Crippen LogP contribution in [0.15, 0.2) is 35.7 Å². The van der Waals surface area contributed by atoms with Crippen molar-refractivity contribution in [2.75, 3.05) is 0 Å². The Morgan fingerprint density at radius 1 is 1.39 bits per heavy atom. The maximum Gasteiger partial charge on any atom is 0.0897 e. The minimum absolute atomic E-state index is 0.0678. The second kappa shape index (κ2) is 6.29. The Bertz CT molecular complexity index is 527. The molecule has 2 rings (SSSR count). The molecule has 0 amide bonds. The van der Waals surface area contributed by atoms with Gasteiger partial charge in [0.2, 0.25) is 0 Å². The van der Waals surface area contributed by atoms with Crippen LogP contribution < -0.4 is 5.32 Å². The number of hydrogen-bond acceptors (Lipinski definition) is 4. The van der Waals surface area contributed by atoms with Crippen molar-refractivity contribution < 1.29 is 0 Å². The molecule has 0 saturated carbocycles. The van der Waals surface area contributed by atoms with E-state index in [0.717, 1.165) is 16.3 Å². The topological polar surface area (TPSA) is 48.7 Å². The highest BCUT2D eigenvalue weighted by atomic mass is 32.1. The first-order chi connectivity index (χ1) is 8.79. The van der Waals surface area contributed by atoms with Crippen molar-refractivity contribution in [2.24, 2.45) is 0 Å². The van der Waals surface area contributed by atoms with Gasteiger partial charge in [0.15, 0.2) is 0 Å². The SMILES string of the molecule is Cc1nc(CNC(CC#N)c2ccccc2)cs1. The molecular weight excluding hydrogens is 242 g/mol. The minimum Gasteiger partial charge on any atom is -0.303 e. The second-order valence-corrected chi connectivity index (χ2v) is 5.13. The summed E-state index contributed by atoms with van der Waals surface area (Å²) in [7, 11) is 0. The first-order valence-electron chi connectivity index (χ1n) is 5.86. The molecule has 1 heterocycles. The van der Waals surface area contributed by atoms with E-state index < -0.39 is 0 Å². The molecule has 0 saturated heterocycles. The van der Waals surface area contributed by atoms with E-state index in [1.807, 2.05) is 37.3 Å². The lowest BCUT2D eigenvalue weighted by Crippen LogP contribution is -2.20. The van der Waals surface area contributed by atoms with E-state index >= 15 is 0 Å². The molecule has 3 nitrogen and oxygen atoms in total. The number of aromatic nitrogens is 1. The van der Waals surface area contributed by atoms with Crippen LogP contribution in [-0.4, -0.2) is 4.98 Å². The third-order valence-corrected chi connectivity index (χ3v) is 3.52. The number of nitrogens with zero attached hydrogens (tertiary/aromatic N) is 2.